The van der Waals surface area contributed by atoms with Gasteiger partial charge in [0.25, 0.3) is 5.91 Å². The minimum absolute atomic E-state index is 0.264. The Morgan fingerprint density at radius 2 is 1.85 bits per heavy atom. The molecule has 2 N–H and O–H groups in total. The lowest BCUT2D eigenvalue weighted by molar-refractivity contribution is -0.113. The summed E-state index contributed by atoms with van der Waals surface area (Å²) in [4.78, 5) is 18.6. The molecule has 1 aliphatic heterocycles. The van der Waals surface area contributed by atoms with E-state index in [1.165, 1.54) is 11.8 Å². The van der Waals surface area contributed by atoms with Crippen LogP contribution in [0.5, 0.6) is 11.5 Å². The number of hydrogen-bond acceptors (Lipinski definition) is 7. The van der Waals surface area contributed by atoms with Crippen LogP contribution in [-0.4, -0.2) is 34.4 Å². The van der Waals surface area contributed by atoms with Gasteiger partial charge in [-0.3, -0.25) is 4.79 Å². The number of methoxy groups -OCH3 is 1. The fourth-order valence-electron chi connectivity index (χ4n) is 4.38. The summed E-state index contributed by atoms with van der Waals surface area (Å²) >= 11 is 7.83. The van der Waals surface area contributed by atoms with Crippen LogP contribution in [-0.2, 0) is 10.5 Å². The zero-order chi connectivity index (χ0) is 27.4. The predicted octanol–water partition coefficient (Wildman–Crippen LogP) is 6.56. The van der Waals surface area contributed by atoms with Gasteiger partial charge in [0.1, 0.15) is 17.5 Å². The zero-order valence-electron chi connectivity index (χ0n) is 21.8. The van der Waals surface area contributed by atoms with Gasteiger partial charge in [0.05, 0.1) is 25.0 Å². The minimum Gasteiger partial charge on any atom is -0.497 e. The topological polar surface area (TPSA) is 90.3 Å². The molecule has 1 aliphatic rings. The van der Waals surface area contributed by atoms with Crippen molar-refractivity contribution in [1.29, 1.82) is 0 Å². The number of carbonyl (C=O) groups excluding carboxylic acids is 1. The molecule has 3 aromatic carbocycles. The average Bonchev–Trinajstić information content (AvgIpc) is 3.35. The number of rotatable bonds is 9. The predicted molar refractivity (Wildman–Crippen MR) is 155 cm³/mol. The molecule has 5 rings (SSSR count). The molecule has 0 spiro atoms. The van der Waals surface area contributed by atoms with Gasteiger partial charge in [0.2, 0.25) is 11.1 Å². The van der Waals surface area contributed by atoms with E-state index in [1.54, 1.807) is 11.8 Å². The normalized spacial score (nSPS) is 14.4. The maximum atomic E-state index is 13.8. The number of fused-ring (bicyclic) bond motifs is 1. The molecule has 1 atom stereocenters. The van der Waals surface area contributed by atoms with Gasteiger partial charge < -0.3 is 20.1 Å². The number of carbonyl (C=O) groups is 1. The number of nitrogens with zero attached hydrogens (tertiary/aromatic N) is 3. The number of hydrogen-bond donors (Lipinski definition) is 2. The van der Waals surface area contributed by atoms with Crippen LogP contribution in [0.25, 0.3) is 0 Å². The van der Waals surface area contributed by atoms with Gasteiger partial charge >= 0.3 is 0 Å². The van der Waals surface area contributed by atoms with E-state index in [-0.39, 0.29) is 5.91 Å². The van der Waals surface area contributed by atoms with Crippen molar-refractivity contribution >= 4 is 40.9 Å². The summed E-state index contributed by atoms with van der Waals surface area (Å²) in [5.41, 5.74) is 3.67. The summed E-state index contributed by atoms with van der Waals surface area (Å²) in [6, 6.07) is 22.2. The Bertz CT molecular complexity index is 1520. The van der Waals surface area contributed by atoms with Gasteiger partial charge in [-0.1, -0.05) is 65.8 Å². The summed E-state index contributed by atoms with van der Waals surface area (Å²) in [5.74, 6) is 2.24. The summed E-state index contributed by atoms with van der Waals surface area (Å²) in [5, 5.41) is 12.4. The molecule has 10 heteroatoms. The van der Waals surface area contributed by atoms with Gasteiger partial charge in [-0.2, -0.15) is 4.98 Å². The van der Waals surface area contributed by atoms with Crippen molar-refractivity contribution in [2.24, 2.45) is 0 Å². The Labute approximate surface area is 236 Å². The Hall–Kier alpha value is -3.95. The smallest absolute Gasteiger partial charge is 0.255 e. The van der Waals surface area contributed by atoms with E-state index in [0.29, 0.717) is 51.2 Å². The highest BCUT2D eigenvalue weighted by Gasteiger charge is 2.34. The van der Waals surface area contributed by atoms with E-state index >= 15 is 0 Å². The third-order valence-corrected chi connectivity index (χ3v) is 7.51. The number of allylic oxidation sites excluding steroid dienone is 1. The number of nitrogens with one attached hydrogen (secondary N) is 2. The summed E-state index contributed by atoms with van der Waals surface area (Å²) in [6.07, 6.45) is 0. The molecule has 0 bridgehead atoms. The Kier molecular flexibility index (Phi) is 8.09. The molecule has 8 nitrogen and oxygen atoms in total. The molecule has 1 unspecified atom stereocenters. The molecule has 1 aromatic heterocycles. The number of aromatic nitrogens is 3. The second kappa shape index (κ2) is 11.8. The van der Waals surface area contributed by atoms with Crippen molar-refractivity contribution in [2.45, 2.75) is 30.8 Å². The molecule has 200 valence electrons. The highest BCUT2D eigenvalue weighted by atomic mass is 35.5. The van der Waals surface area contributed by atoms with E-state index in [0.717, 1.165) is 16.9 Å². The molecule has 0 saturated heterocycles. The number of ether oxygens (including phenoxy) is 2. The van der Waals surface area contributed by atoms with Crippen LogP contribution in [0.3, 0.4) is 0 Å². The van der Waals surface area contributed by atoms with E-state index in [4.69, 9.17) is 31.2 Å². The molecule has 2 heterocycles. The fraction of sp³-hybridized carbons (Fsp3) is 0.207. The molecule has 39 heavy (non-hydrogen) atoms. The van der Waals surface area contributed by atoms with Crippen molar-refractivity contribution in [1.82, 2.24) is 14.8 Å². The quantitative estimate of drug-likeness (QED) is 0.224. The summed E-state index contributed by atoms with van der Waals surface area (Å²) < 4.78 is 12.8. The van der Waals surface area contributed by atoms with Crippen LogP contribution in [0.4, 0.5) is 11.6 Å². The van der Waals surface area contributed by atoms with Crippen LogP contribution >= 0.6 is 23.4 Å². The molecule has 0 radical (unpaired) electrons. The van der Waals surface area contributed by atoms with Crippen molar-refractivity contribution in [3.05, 3.63) is 100 Å². The van der Waals surface area contributed by atoms with Crippen LogP contribution in [0.15, 0.2) is 89.2 Å². The summed E-state index contributed by atoms with van der Waals surface area (Å²) in [7, 11) is 1.62. The lowest BCUT2D eigenvalue weighted by Gasteiger charge is -2.29. The van der Waals surface area contributed by atoms with Crippen molar-refractivity contribution < 1.29 is 14.3 Å². The Balaban J connectivity index is 1.50. The standard InChI is InChI=1S/C29H28ClN5O3S/c1-4-38-24-12-8-7-11-23(24)32-27(36)25-18(2)31-28-33-29(39-17-20-9-5-6-10-22(20)30)34-35(28)26(25)19-13-15-21(37-3)16-14-19/h5-16,26H,4,17H2,1-3H3,(H,32,36)(H,31,33,34). The summed E-state index contributed by atoms with van der Waals surface area (Å²) in [6.45, 7) is 4.26. The number of thioether (sulfide) groups is 1. The average molecular weight is 562 g/mol. The van der Waals surface area contributed by atoms with Crippen molar-refractivity contribution in [3.63, 3.8) is 0 Å². The zero-order valence-corrected chi connectivity index (χ0v) is 23.3. The first-order valence-corrected chi connectivity index (χ1v) is 13.8. The number of para-hydroxylation sites is 2. The van der Waals surface area contributed by atoms with E-state index in [2.05, 4.69) is 10.6 Å². The monoisotopic (exact) mass is 561 g/mol. The van der Waals surface area contributed by atoms with Gasteiger partial charge in [-0.15, -0.1) is 5.10 Å². The number of anilines is 2. The van der Waals surface area contributed by atoms with Crippen LogP contribution in [0.1, 0.15) is 31.0 Å². The van der Waals surface area contributed by atoms with Gasteiger partial charge in [0.15, 0.2) is 0 Å². The van der Waals surface area contributed by atoms with E-state index in [1.807, 2.05) is 86.6 Å². The molecule has 4 aromatic rings. The van der Waals surface area contributed by atoms with E-state index in [9.17, 15) is 4.79 Å². The Morgan fingerprint density at radius 3 is 2.59 bits per heavy atom. The molecule has 0 saturated carbocycles. The van der Waals surface area contributed by atoms with Gasteiger partial charge in [0, 0.05) is 16.5 Å². The molecule has 0 aliphatic carbocycles. The molecular weight excluding hydrogens is 534 g/mol. The largest absolute Gasteiger partial charge is 0.497 e. The third-order valence-electron chi connectivity index (χ3n) is 6.26. The maximum absolute atomic E-state index is 13.8. The first kappa shape index (κ1) is 26.6. The van der Waals surface area contributed by atoms with Gasteiger partial charge in [-0.25, -0.2) is 4.68 Å². The first-order valence-electron chi connectivity index (χ1n) is 12.5. The van der Waals surface area contributed by atoms with E-state index < -0.39 is 6.04 Å². The van der Waals surface area contributed by atoms with Crippen LogP contribution in [0, 0.1) is 0 Å². The first-order chi connectivity index (χ1) is 19.0. The van der Waals surface area contributed by atoms with Crippen molar-refractivity contribution in [2.75, 3.05) is 24.4 Å². The second-order valence-electron chi connectivity index (χ2n) is 8.77. The van der Waals surface area contributed by atoms with Crippen molar-refractivity contribution in [3.8, 4) is 11.5 Å². The fourth-order valence-corrected chi connectivity index (χ4v) is 5.49. The minimum atomic E-state index is -0.520. The highest BCUT2D eigenvalue weighted by Crippen LogP contribution is 2.38. The Morgan fingerprint density at radius 1 is 1.10 bits per heavy atom. The second-order valence-corrected chi connectivity index (χ2v) is 10.1. The number of halogens is 1. The third kappa shape index (κ3) is 5.74. The van der Waals surface area contributed by atoms with Crippen LogP contribution < -0.4 is 20.1 Å². The van der Waals surface area contributed by atoms with Crippen LogP contribution in [0.2, 0.25) is 5.02 Å². The SMILES string of the molecule is CCOc1ccccc1NC(=O)C1=C(C)Nc2nc(SCc3ccccc3Cl)nn2C1c1ccc(OC)cc1. The lowest BCUT2D eigenvalue weighted by Crippen LogP contribution is -2.31. The molecule has 1 amide bonds. The van der Waals surface area contributed by atoms with Gasteiger partial charge in [-0.05, 0) is 55.3 Å². The number of amides is 1. The molecular formula is C29H28ClN5O3S. The lowest BCUT2D eigenvalue weighted by atomic mass is 9.95. The highest BCUT2D eigenvalue weighted by molar-refractivity contribution is 7.98. The molecule has 0 fully saturated rings. The number of benzene rings is 3. The maximum Gasteiger partial charge on any atom is 0.255 e.